The number of halogens is 1. The van der Waals surface area contributed by atoms with Crippen LogP contribution in [0, 0.1) is 6.92 Å². The summed E-state index contributed by atoms with van der Waals surface area (Å²) in [4.78, 5) is 14.7. The zero-order chi connectivity index (χ0) is 11.0. The molecule has 1 heterocycles. The highest BCUT2D eigenvalue weighted by molar-refractivity contribution is 6.35. The molecule has 0 fully saturated rings. The summed E-state index contributed by atoms with van der Waals surface area (Å²) >= 11 is 6.05. The zero-order valence-electron chi connectivity index (χ0n) is 7.99. The van der Waals surface area contributed by atoms with Gasteiger partial charge in [-0.2, -0.15) is 0 Å². The third-order valence-corrected chi connectivity index (χ3v) is 2.69. The Labute approximate surface area is 91.3 Å². The molecule has 0 aliphatic heterocycles. The lowest BCUT2D eigenvalue weighted by Crippen LogP contribution is -2.00. The number of hydrogen-bond acceptors (Lipinski definition) is 2. The average Bonchev–Trinajstić information content (AvgIpc) is 2.23. The van der Waals surface area contributed by atoms with E-state index in [1.54, 1.807) is 6.07 Å². The maximum atomic E-state index is 10.7. The van der Waals surface area contributed by atoms with E-state index < -0.39 is 5.97 Å². The van der Waals surface area contributed by atoms with E-state index in [4.69, 9.17) is 16.7 Å². The number of carboxylic acid groups (broad SMARTS) is 1. The monoisotopic (exact) mass is 221 g/mol. The lowest BCUT2D eigenvalue weighted by atomic mass is 10.1. The van der Waals surface area contributed by atoms with E-state index in [1.807, 2.05) is 19.1 Å². The molecule has 1 aromatic carbocycles. The van der Waals surface area contributed by atoms with E-state index in [0.717, 1.165) is 10.9 Å². The van der Waals surface area contributed by atoms with Gasteiger partial charge in [-0.15, -0.1) is 0 Å². The van der Waals surface area contributed by atoms with Gasteiger partial charge in [0.25, 0.3) is 0 Å². The summed E-state index contributed by atoms with van der Waals surface area (Å²) < 4.78 is 0. The molecule has 2 rings (SSSR count). The molecule has 0 spiro atoms. The van der Waals surface area contributed by atoms with Crippen molar-refractivity contribution in [1.82, 2.24) is 4.98 Å². The Kier molecular flexibility index (Phi) is 2.32. The third kappa shape index (κ3) is 1.66. The van der Waals surface area contributed by atoms with Gasteiger partial charge in [0.15, 0.2) is 0 Å². The molecule has 15 heavy (non-hydrogen) atoms. The second-order valence-electron chi connectivity index (χ2n) is 3.27. The first-order valence-corrected chi connectivity index (χ1v) is 4.76. The average molecular weight is 222 g/mol. The SMILES string of the molecule is Cc1ccc2ccc(C(=O)O)nc2c1Cl. The van der Waals surface area contributed by atoms with Crippen molar-refractivity contribution in [1.29, 1.82) is 0 Å². The molecule has 3 nitrogen and oxygen atoms in total. The van der Waals surface area contributed by atoms with Crippen molar-refractivity contribution < 1.29 is 9.90 Å². The molecule has 0 radical (unpaired) electrons. The molecule has 0 unspecified atom stereocenters. The van der Waals surface area contributed by atoms with Crippen LogP contribution >= 0.6 is 11.6 Å². The minimum atomic E-state index is -1.05. The molecule has 2 aromatic rings. The summed E-state index contributed by atoms with van der Waals surface area (Å²) in [5.41, 5.74) is 1.44. The molecule has 0 amide bonds. The van der Waals surface area contributed by atoms with Crippen LogP contribution in [0.3, 0.4) is 0 Å². The Hall–Kier alpha value is -1.61. The van der Waals surface area contributed by atoms with Crippen molar-refractivity contribution in [3.8, 4) is 0 Å². The molecule has 76 valence electrons. The standard InChI is InChI=1S/C11H8ClNO2/c1-6-2-3-7-4-5-8(11(14)15)13-10(7)9(6)12/h2-5H,1H3,(H,14,15). The van der Waals surface area contributed by atoms with Gasteiger partial charge in [0.1, 0.15) is 5.69 Å². The Morgan fingerprint density at radius 1 is 1.33 bits per heavy atom. The third-order valence-electron chi connectivity index (χ3n) is 2.21. The first-order chi connectivity index (χ1) is 7.09. The van der Waals surface area contributed by atoms with Gasteiger partial charge in [0.05, 0.1) is 10.5 Å². The maximum Gasteiger partial charge on any atom is 0.354 e. The Bertz CT molecular complexity index is 552. The summed E-state index contributed by atoms with van der Waals surface area (Å²) in [6.07, 6.45) is 0. The number of aromatic nitrogens is 1. The molecule has 4 heteroatoms. The van der Waals surface area contributed by atoms with Crippen molar-refractivity contribution in [2.24, 2.45) is 0 Å². The Morgan fingerprint density at radius 3 is 2.67 bits per heavy atom. The highest BCUT2D eigenvalue weighted by Crippen LogP contribution is 2.25. The van der Waals surface area contributed by atoms with Crippen LogP contribution in [0.5, 0.6) is 0 Å². The van der Waals surface area contributed by atoms with Gasteiger partial charge < -0.3 is 5.11 Å². The number of fused-ring (bicyclic) bond motifs is 1. The topological polar surface area (TPSA) is 50.2 Å². The molecule has 0 saturated carbocycles. The Morgan fingerprint density at radius 2 is 2.00 bits per heavy atom. The fraction of sp³-hybridized carbons (Fsp3) is 0.0909. The summed E-state index contributed by atoms with van der Waals surface area (Å²) in [6, 6.07) is 6.93. The van der Waals surface area contributed by atoms with Gasteiger partial charge in [-0.1, -0.05) is 29.8 Å². The smallest absolute Gasteiger partial charge is 0.354 e. The van der Waals surface area contributed by atoms with Crippen LogP contribution in [0.25, 0.3) is 10.9 Å². The summed E-state index contributed by atoms with van der Waals surface area (Å²) in [7, 11) is 0. The molecule has 0 aliphatic rings. The molecule has 0 bridgehead atoms. The van der Waals surface area contributed by atoms with E-state index in [9.17, 15) is 4.79 Å². The van der Waals surface area contributed by atoms with Gasteiger partial charge >= 0.3 is 5.97 Å². The van der Waals surface area contributed by atoms with Crippen molar-refractivity contribution in [3.05, 3.63) is 40.5 Å². The minimum Gasteiger partial charge on any atom is -0.477 e. The highest BCUT2D eigenvalue weighted by atomic mass is 35.5. The lowest BCUT2D eigenvalue weighted by Gasteiger charge is -2.03. The van der Waals surface area contributed by atoms with Crippen LogP contribution in [-0.4, -0.2) is 16.1 Å². The number of benzene rings is 1. The van der Waals surface area contributed by atoms with Crippen molar-refractivity contribution in [3.63, 3.8) is 0 Å². The summed E-state index contributed by atoms with van der Waals surface area (Å²) in [6.45, 7) is 1.86. The van der Waals surface area contributed by atoms with Gasteiger partial charge in [-0.3, -0.25) is 0 Å². The first-order valence-electron chi connectivity index (χ1n) is 4.39. The molecule has 0 saturated heterocycles. The fourth-order valence-electron chi connectivity index (χ4n) is 1.37. The molecular weight excluding hydrogens is 214 g/mol. The number of rotatable bonds is 1. The van der Waals surface area contributed by atoms with Crippen LogP contribution in [0.1, 0.15) is 16.1 Å². The van der Waals surface area contributed by atoms with Gasteiger partial charge in [0.2, 0.25) is 0 Å². The quantitative estimate of drug-likeness (QED) is 0.806. The minimum absolute atomic E-state index is 0.00926. The van der Waals surface area contributed by atoms with Gasteiger partial charge in [-0.25, -0.2) is 9.78 Å². The summed E-state index contributed by atoms with van der Waals surface area (Å²) in [5.74, 6) is -1.05. The molecule has 1 aromatic heterocycles. The predicted octanol–water partition coefficient (Wildman–Crippen LogP) is 2.89. The fourth-order valence-corrected chi connectivity index (χ4v) is 1.59. The van der Waals surface area contributed by atoms with Crippen LogP contribution in [0.2, 0.25) is 5.02 Å². The summed E-state index contributed by atoms with van der Waals surface area (Å²) in [5, 5.41) is 10.2. The number of carbonyl (C=O) groups is 1. The lowest BCUT2D eigenvalue weighted by molar-refractivity contribution is 0.0691. The van der Waals surface area contributed by atoms with Crippen molar-refractivity contribution in [2.75, 3.05) is 0 Å². The van der Waals surface area contributed by atoms with E-state index >= 15 is 0 Å². The number of carboxylic acids is 1. The highest BCUT2D eigenvalue weighted by Gasteiger charge is 2.08. The largest absolute Gasteiger partial charge is 0.477 e. The van der Waals surface area contributed by atoms with E-state index in [2.05, 4.69) is 4.98 Å². The van der Waals surface area contributed by atoms with Crippen LogP contribution in [-0.2, 0) is 0 Å². The van der Waals surface area contributed by atoms with Crippen LogP contribution in [0.4, 0.5) is 0 Å². The van der Waals surface area contributed by atoms with Crippen molar-refractivity contribution >= 4 is 28.5 Å². The van der Waals surface area contributed by atoms with Gasteiger partial charge in [-0.05, 0) is 18.6 Å². The second kappa shape index (κ2) is 3.51. The number of hydrogen-bond donors (Lipinski definition) is 1. The molecule has 0 aliphatic carbocycles. The number of pyridine rings is 1. The maximum absolute atomic E-state index is 10.7. The van der Waals surface area contributed by atoms with Crippen LogP contribution < -0.4 is 0 Å². The number of aromatic carboxylic acids is 1. The van der Waals surface area contributed by atoms with E-state index in [0.29, 0.717) is 10.5 Å². The van der Waals surface area contributed by atoms with Crippen LogP contribution in [0.15, 0.2) is 24.3 Å². The molecule has 1 N–H and O–H groups in total. The number of aryl methyl sites for hydroxylation is 1. The first kappa shape index (κ1) is 9.93. The predicted molar refractivity (Wildman–Crippen MR) is 58.4 cm³/mol. The van der Waals surface area contributed by atoms with E-state index in [1.165, 1.54) is 6.07 Å². The zero-order valence-corrected chi connectivity index (χ0v) is 8.75. The molecular formula is C11H8ClNO2. The Balaban J connectivity index is 2.79. The van der Waals surface area contributed by atoms with Gasteiger partial charge in [0, 0.05) is 5.39 Å². The van der Waals surface area contributed by atoms with Crippen molar-refractivity contribution in [2.45, 2.75) is 6.92 Å². The molecule has 0 atom stereocenters. The number of nitrogens with zero attached hydrogens (tertiary/aromatic N) is 1. The second-order valence-corrected chi connectivity index (χ2v) is 3.65. The normalized spacial score (nSPS) is 10.5. The van der Waals surface area contributed by atoms with E-state index in [-0.39, 0.29) is 5.69 Å².